The van der Waals surface area contributed by atoms with Crippen LogP contribution in [0.5, 0.6) is 5.75 Å². The molecule has 0 aliphatic heterocycles. The Balaban J connectivity index is 1.71. The number of hydrogen-bond donors (Lipinski definition) is 0. The molecule has 33 heavy (non-hydrogen) atoms. The molecule has 1 heterocycles. The molecule has 0 N–H and O–H groups in total. The Hall–Kier alpha value is -3.79. The van der Waals surface area contributed by atoms with Gasteiger partial charge in [-0.2, -0.15) is 0 Å². The summed E-state index contributed by atoms with van der Waals surface area (Å²) in [6, 6.07) is 13.5. The van der Waals surface area contributed by atoms with Crippen LogP contribution in [0.4, 0.5) is 5.69 Å². The Morgan fingerprint density at radius 3 is 2.33 bits per heavy atom. The van der Waals surface area contributed by atoms with Crippen molar-refractivity contribution in [1.82, 2.24) is 0 Å². The van der Waals surface area contributed by atoms with Crippen LogP contribution in [0, 0.1) is 0 Å². The van der Waals surface area contributed by atoms with Crippen LogP contribution in [0.25, 0.3) is 0 Å². The van der Waals surface area contributed by atoms with Gasteiger partial charge in [0, 0.05) is 7.05 Å². The van der Waals surface area contributed by atoms with E-state index in [1.807, 2.05) is 0 Å². The predicted octanol–water partition coefficient (Wildman–Crippen LogP) is 3.65. The molecule has 0 saturated carbocycles. The molecule has 0 amide bonds. The first-order valence-electron chi connectivity index (χ1n) is 9.92. The van der Waals surface area contributed by atoms with Crippen molar-refractivity contribution in [1.29, 1.82) is 0 Å². The summed E-state index contributed by atoms with van der Waals surface area (Å²) in [7, 11) is -1.03. The molecule has 10 heteroatoms. The van der Waals surface area contributed by atoms with Crippen molar-refractivity contribution < 1.29 is 36.6 Å². The largest absolute Gasteiger partial charge is 0.495 e. The van der Waals surface area contributed by atoms with Crippen molar-refractivity contribution in [3.63, 3.8) is 0 Å². The van der Waals surface area contributed by atoms with Crippen LogP contribution in [0.3, 0.4) is 0 Å². The Morgan fingerprint density at radius 2 is 1.67 bits per heavy atom. The van der Waals surface area contributed by atoms with E-state index in [2.05, 4.69) is 0 Å². The number of benzene rings is 2. The first kappa shape index (κ1) is 23.9. The predicted molar refractivity (Wildman–Crippen MR) is 119 cm³/mol. The van der Waals surface area contributed by atoms with Gasteiger partial charge in [-0.3, -0.25) is 4.31 Å². The lowest BCUT2D eigenvalue weighted by Gasteiger charge is -2.21. The van der Waals surface area contributed by atoms with Crippen molar-refractivity contribution in [2.45, 2.75) is 18.4 Å². The smallest absolute Gasteiger partial charge is 0.341 e. The van der Waals surface area contributed by atoms with Gasteiger partial charge in [0.05, 0.1) is 36.1 Å². The summed E-state index contributed by atoms with van der Waals surface area (Å²) in [6.45, 7) is 1.59. The molecule has 0 atom stereocenters. The third kappa shape index (κ3) is 5.17. The molecule has 3 aromatic rings. The van der Waals surface area contributed by atoms with E-state index in [4.69, 9.17) is 18.6 Å². The third-order valence-electron chi connectivity index (χ3n) is 4.75. The molecule has 1 aromatic heterocycles. The molecule has 9 nitrogen and oxygen atoms in total. The average Bonchev–Trinajstić information content (AvgIpc) is 3.31. The van der Waals surface area contributed by atoms with Gasteiger partial charge < -0.3 is 18.6 Å². The second-order valence-corrected chi connectivity index (χ2v) is 8.69. The fourth-order valence-corrected chi connectivity index (χ4v) is 4.20. The van der Waals surface area contributed by atoms with Crippen molar-refractivity contribution in [3.05, 3.63) is 77.7 Å². The number of methoxy groups -OCH3 is 1. The fourth-order valence-electron chi connectivity index (χ4n) is 3.00. The number of carbonyl (C=O) groups is 2. The van der Waals surface area contributed by atoms with Crippen molar-refractivity contribution in [2.24, 2.45) is 0 Å². The summed E-state index contributed by atoms with van der Waals surface area (Å²) in [5.74, 6) is -0.724. The lowest BCUT2D eigenvalue weighted by Crippen LogP contribution is -2.27. The van der Waals surface area contributed by atoms with E-state index in [1.165, 1.54) is 50.8 Å². The highest BCUT2D eigenvalue weighted by molar-refractivity contribution is 7.92. The monoisotopic (exact) mass is 473 g/mol. The average molecular weight is 474 g/mol. The minimum Gasteiger partial charge on any atom is -0.495 e. The number of hydrogen-bond acceptors (Lipinski definition) is 8. The third-order valence-corrected chi connectivity index (χ3v) is 6.53. The minimum atomic E-state index is -3.90. The maximum Gasteiger partial charge on any atom is 0.341 e. The highest BCUT2D eigenvalue weighted by Crippen LogP contribution is 2.31. The van der Waals surface area contributed by atoms with Crippen molar-refractivity contribution in [3.8, 4) is 5.75 Å². The maximum absolute atomic E-state index is 13.0. The number of carbonyl (C=O) groups excluding carboxylic acids is 2. The van der Waals surface area contributed by atoms with Crippen LogP contribution in [0.1, 0.15) is 33.4 Å². The van der Waals surface area contributed by atoms with Gasteiger partial charge in [0.25, 0.3) is 10.0 Å². The molecule has 174 valence electrons. The molecule has 2 aromatic carbocycles. The second-order valence-electron chi connectivity index (χ2n) is 6.72. The van der Waals surface area contributed by atoms with Gasteiger partial charge in [-0.1, -0.05) is 12.1 Å². The Labute approximate surface area is 191 Å². The van der Waals surface area contributed by atoms with E-state index < -0.39 is 22.0 Å². The van der Waals surface area contributed by atoms with Gasteiger partial charge in [-0.25, -0.2) is 18.0 Å². The number of rotatable bonds is 9. The van der Waals surface area contributed by atoms with Gasteiger partial charge >= 0.3 is 11.9 Å². The number of para-hydroxylation sites is 2. The number of anilines is 1. The van der Waals surface area contributed by atoms with E-state index in [0.29, 0.717) is 11.4 Å². The Morgan fingerprint density at radius 1 is 0.970 bits per heavy atom. The normalized spacial score (nSPS) is 11.0. The Kier molecular flexibility index (Phi) is 7.39. The first-order valence-corrected chi connectivity index (χ1v) is 11.4. The zero-order chi connectivity index (χ0) is 24.0. The lowest BCUT2D eigenvalue weighted by molar-refractivity contribution is 0.0422. The zero-order valence-electron chi connectivity index (χ0n) is 18.3. The maximum atomic E-state index is 13.0. The molecule has 0 radical (unpaired) electrons. The first-order chi connectivity index (χ1) is 15.8. The van der Waals surface area contributed by atoms with E-state index in [-0.39, 0.29) is 35.0 Å². The summed E-state index contributed by atoms with van der Waals surface area (Å²) in [4.78, 5) is 24.3. The summed E-state index contributed by atoms with van der Waals surface area (Å²) in [5.41, 5.74) is 0.683. The number of sulfonamides is 1. The second kappa shape index (κ2) is 10.2. The topological polar surface area (TPSA) is 112 Å². The summed E-state index contributed by atoms with van der Waals surface area (Å²) in [6.07, 6.45) is 1.30. The van der Waals surface area contributed by atoms with Gasteiger partial charge in [0.2, 0.25) is 0 Å². The van der Waals surface area contributed by atoms with Gasteiger partial charge in [0.15, 0.2) is 12.4 Å². The summed E-state index contributed by atoms with van der Waals surface area (Å²) < 4.78 is 47.7. The van der Waals surface area contributed by atoms with E-state index >= 15 is 0 Å². The molecule has 0 aliphatic rings. The molecule has 0 bridgehead atoms. The summed E-state index contributed by atoms with van der Waals surface area (Å²) >= 11 is 0. The van der Waals surface area contributed by atoms with Crippen LogP contribution >= 0.6 is 0 Å². The number of furan rings is 1. The van der Waals surface area contributed by atoms with Gasteiger partial charge in [-0.15, -0.1) is 0 Å². The van der Waals surface area contributed by atoms with Crippen LogP contribution in [-0.2, 0) is 26.1 Å². The minimum absolute atomic E-state index is 0.0110. The summed E-state index contributed by atoms with van der Waals surface area (Å²) in [5, 5.41) is 0. The van der Waals surface area contributed by atoms with Gasteiger partial charge in [0.1, 0.15) is 11.3 Å². The molecule has 0 unspecified atom stereocenters. The lowest BCUT2D eigenvalue weighted by atomic mass is 10.2. The molecule has 0 saturated heterocycles. The van der Waals surface area contributed by atoms with Crippen molar-refractivity contribution in [2.75, 3.05) is 25.1 Å². The van der Waals surface area contributed by atoms with Gasteiger partial charge in [-0.05, 0) is 49.4 Å². The van der Waals surface area contributed by atoms with E-state index in [0.717, 1.165) is 4.31 Å². The number of nitrogens with zero attached hydrogens (tertiary/aromatic N) is 1. The quantitative estimate of drug-likeness (QED) is 0.433. The number of esters is 2. The molecular formula is C23H23NO8S. The highest BCUT2D eigenvalue weighted by Gasteiger charge is 2.24. The fraction of sp³-hybridized carbons (Fsp3) is 0.217. The Bertz CT molecular complexity index is 1230. The standard InChI is InChI=1S/C23H23NO8S/c1-4-30-23(26)18-13-14-31-21(18)15-32-22(25)16-9-11-17(12-10-16)33(27,28)24(2)19-7-5-6-8-20(19)29-3/h5-14H,4,15H2,1-3H3. The van der Waals surface area contributed by atoms with Crippen LogP contribution in [0.2, 0.25) is 0 Å². The van der Waals surface area contributed by atoms with E-state index in [1.54, 1.807) is 31.2 Å². The van der Waals surface area contributed by atoms with Crippen LogP contribution in [-0.4, -0.2) is 41.1 Å². The molecule has 0 fully saturated rings. The highest BCUT2D eigenvalue weighted by atomic mass is 32.2. The van der Waals surface area contributed by atoms with E-state index in [9.17, 15) is 18.0 Å². The van der Waals surface area contributed by atoms with Crippen LogP contribution < -0.4 is 9.04 Å². The number of ether oxygens (including phenoxy) is 3. The molecule has 0 spiro atoms. The SMILES string of the molecule is CCOC(=O)c1ccoc1COC(=O)c1ccc(S(=O)(=O)N(C)c2ccccc2OC)cc1. The molecule has 3 rings (SSSR count). The molecule has 0 aliphatic carbocycles. The molecular weight excluding hydrogens is 450 g/mol. The van der Waals surface area contributed by atoms with Crippen LogP contribution in [0.15, 0.2) is 70.2 Å². The zero-order valence-corrected chi connectivity index (χ0v) is 19.1. The van der Waals surface area contributed by atoms with Crippen molar-refractivity contribution >= 4 is 27.6 Å².